The van der Waals surface area contributed by atoms with Gasteiger partial charge in [0, 0.05) is 56.5 Å². The van der Waals surface area contributed by atoms with Gasteiger partial charge in [0.1, 0.15) is 0 Å². The number of para-hydroxylation sites is 2. The first-order chi connectivity index (χ1) is 40.8. The van der Waals surface area contributed by atoms with Crippen LogP contribution in [0.4, 0.5) is 45.5 Å². The molecule has 0 unspecified atom stereocenters. The van der Waals surface area contributed by atoms with E-state index in [0.717, 1.165) is 42.7 Å². The molecule has 15 rings (SSSR count). The van der Waals surface area contributed by atoms with Crippen LogP contribution >= 0.6 is 0 Å². The van der Waals surface area contributed by atoms with Crippen LogP contribution in [0.1, 0.15) is 232 Å². The Kier molecular flexibility index (Phi) is 11.9. The first kappa shape index (κ1) is 56.7. The van der Waals surface area contributed by atoms with E-state index in [-0.39, 0.29) is 55.6 Å². The van der Waals surface area contributed by atoms with E-state index in [0.29, 0.717) is 0 Å². The van der Waals surface area contributed by atoms with Gasteiger partial charge >= 0.3 is 6.85 Å². The molecule has 5 aliphatic carbocycles. The molecule has 0 radical (unpaired) electrons. The molecule has 4 heteroatoms. The third-order valence-corrected chi connectivity index (χ3v) is 24.3. The van der Waals surface area contributed by atoms with Crippen LogP contribution in [0.2, 0.25) is 0 Å². The van der Waals surface area contributed by atoms with Gasteiger partial charge in [0.25, 0.3) is 0 Å². The van der Waals surface area contributed by atoms with Crippen LogP contribution in [0.3, 0.4) is 0 Å². The molecule has 2 heterocycles. The smallest absolute Gasteiger partial charge is 0.333 e. The SMILES string of the molecule is CC1(C)CCC(C)(C)c2cc(N3B4c5cc6c(cc5N(c5ccc7c(c5)C(C)(C)CCC7(C)C)c5cc(N(c7ccccc7)c7ccccc7)cc(c54)-c4cc5c(cc43)C(C)(C)c3cc4c(cc3-5)C(C)(C)CCC4(C)C)C(C)(C)CCC6(C)C)ccc21. The third-order valence-electron chi connectivity index (χ3n) is 24.3. The average molecular weight is 1140 g/mol. The standard InChI is InChI=1S/C83H94BN3/c1-75(2)33-35-77(5,6)64-42-53(29-31-60(64)75)86-72-50-69-68(81(13,14)39-40-82(69,15)16)48-70(72)84-74-59(41-55(44-73(74)86)85(51-25-21-19-22-26-51)52-27-23-20-24-28-52)58-45-56-57-46-66-67(80(11,12)38-37-79(66,9)10)47-62(57)83(17,18)63(56)49-71(58)87(84)54-30-32-61-65(43-54)78(7,8)36-34-76(61,3)4/h19-32,41-50H,33-40H2,1-18H3. The van der Waals surface area contributed by atoms with Crippen molar-refractivity contribution in [2.45, 2.75) is 225 Å². The van der Waals surface area contributed by atoms with E-state index in [1.807, 2.05) is 0 Å². The van der Waals surface area contributed by atoms with Crippen molar-refractivity contribution in [3.63, 3.8) is 0 Å². The largest absolute Gasteiger partial charge is 0.376 e. The molecule has 0 amide bonds. The molecule has 0 bridgehead atoms. The van der Waals surface area contributed by atoms with Crippen molar-refractivity contribution in [1.82, 2.24) is 0 Å². The number of anilines is 8. The zero-order chi connectivity index (χ0) is 61.3. The zero-order valence-electron chi connectivity index (χ0n) is 55.9. The normalized spacial score (nSPS) is 21.4. The first-order valence-corrected chi connectivity index (χ1v) is 33.4. The maximum atomic E-state index is 2.88. The molecule has 87 heavy (non-hydrogen) atoms. The Labute approximate surface area is 523 Å². The number of hydrogen-bond acceptors (Lipinski definition) is 3. The number of hydrogen-bond donors (Lipinski definition) is 0. The van der Waals surface area contributed by atoms with Gasteiger partial charge < -0.3 is 14.6 Å². The molecule has 0 aromatic heterocycles. The minimum atomic E-state index is -0.241. The second-order valence-electron chi connectivity index (χ2n) is 34.0. The van der Waals surface area contributed by atoms with Crippen molar-refractivity contribution >= 4 is 63.3 Å². The van der Waals surface area contributed by atoms with E-state index in [1.165, 1.54) is 143 Å². The predicted molar refractivity (Wildman–Crippen MR) is 374 cm³/mol. The zero-order valence-corrected chi connectivity index (χ0v) is 55.9. The van der Waals surface area contributed by atoms with Crippen LogP contribution < -0.4 is 25.5 Å². The van der Waals surface area contributed by atoms with Crippen LogP contribution in [0.15, 0.2) is 146 Å². The molecule has 0 saturated heterocycles. The van der Waals surface area contributed by atoms with E-state index in [2.05, 4.69) is 285 Å². The Bertz CT molecular complexity index is 4180. The summed E-state index contributed by atoms with van der Waals surface area (Å²) in [6.45, 7) is 44.9. The average Bonchev–Trinajstić information content (AvgIpc) is 1.60. The summed E-state index contributed by atoms with van der Waals surface area (Å²) in [5.74, 6) is 0. The summed E-state index contributed by atoms with van der Waals surface area (Å²) in [6.07, 6.45) is 9.35. The second kappa shape index (κ2) is 18.2. The number of rotatable bonds is 5. The highest BCUT2D eigenvalue weighted by Crippen LogP contribution is 2.60. The van der Waals surface area contributed by atoms with Crippen molar-refractivity contribution in [3.05, 3.63) is 201 Å². The summed E-state index contributed by atoms with van der Waals surface area (Å²) in [5, 5.41) is 0. The Hall–Kier alpha value is -6.78. The second-order valence-corrected chi connectivity index (χ2v) is 34.0. The van der Waals surface area contributed by atoms with Gasteiger partial charge in [0.15, 0.2) is 0 Å². The highest BCUT2D eigenvalue weighted by atomic mass is 15.2. The van der Waals surface area contributed by atoms with Gasteiger partial charge in [0.2, 0.25) is 0 Å². The van der Waals surface area contributed by atoms with E-state index in [4.69, 9.17) is 0 Å². The van der Waals surface area contributed by atoms with Gasteiger partial charge in [-0.25, -0.2) is 0 Å². The Morgan fingerprint density at radius 1 is 0.299 bits per heavy atom. The van der Waals surface area contributed by atoms with Crippen molar-refractivity contribution < 1.29 is 0 Å². The highest BCUT2D eigenvalue weighted by Gasteiger charge is 2.52. The monoisotopic (exact) mass is 1140 g/mol. The molecular weight excluding hydrogens is 1050 g/mol. The van der Waals surface area contributed by atoms with Gasteiger partial charge in [-0.15, -0.1) is 0 Å². The van der Waals surface area contributed by atoms with Gasteiger partial charge in [-0.1, -0.05) is 185 Å². The summed E-state index contributed by atoms with van der Waals surface area (Å²) < 4.78 is 0. The topological polar surface area (TPSA) is 9.72 Å². The fourth-order valence-corrected chi connectivity index (χ4v) is 18.0. The molecule has 0 N–H and O–H groups in total. The minimum Gasteiger partial charge on any atom is -0.376 e. The van der Waals surface area contributed by atoms with Crippen molar-refractivity contribution in [2.75, 3.05) is 14.6 Å². The summed E-state index contributed by atoms with van der Waals surface area (Å²) in [7, 11) is 0. The van der Waals surface area contributed by atoms with Crippen LogP contribution in [0.25, 0.3) is 22.3 Å². The highest BCUT2D eigenvalue weighted by molar-refractivity contribution is 6.93. The Morgan fingerprint density at radius 3 is 1.22 bits per heavy atom. The molecular formula is C83H94BN3. The lowest BCUT2D eigenvalue weighted by molar-refractivity contribution is 0.331. The molecule has 0 saturated carbocycles. The lowest BCUT2D eigenvalue weighted by Crippen LogP contribution is -2.62. The van der Waals surface area contributed by atoms with Crippen LogP contribution in [0, 0.1) is 0 Å². The summed E-state index contributed by atoms with van der Waals surface area (Å²) in [5.41, 5.74) is 33.0. The molecule has 444 valence electrons. The minimum absolute atomic E-state index is 0.0112. The van der Waals surface area contributed by atoms with Gasteiger partial charge in [-0.2, -0.15) is 0 Å². The molecule has 0 spiro atoms. The predicted octanol–water partition coefficient (Wildman–Crippen LogP) is 21.6. The van der Waals surface area contributed by atoms with E-state index in [1.54, 1.807) is 0 Å². The van der Waals surface area contributed by atoms with Gasteiger partial charge in [-0.05, 0) is 263 Å². The van der Waals surface area contributed by atoms with E-state index < -0.39 is 0 Å². The number of benzene rings is 8. The Morgan fingerprint density at radius 2 is 0.701 bits per heavy atom. The maximum absolute atomic E-state index is 2.88. The van der Waals surface area contributed by atoms with Crippen molar-refractivity contribution in [1.29, 1.82) is 0 Å². The lowest BCUT2D eigenvalue weighted by atomic mass is 9.42. The molecule has 0 fully saturated rings. The summed E-state index contributed by atoms with van der Waals surface area (Å²) >= 11 is 0. The number of nitrogens with zero attached hydrogens (tertiary/aromatic N) is 3. The molecule has 2 aliphatic heterocycles. The Balaban J connectivity index is 1.11. The van der Waals surface area contributed by atoms with Crippen LogP contribution in [-0.4, -0.2) is 6.85 Å². The first-order valence-electron chi connectivity index (χ1n) is 33.4. The van der Waals surface area contributed by atoms with E-state index in [9.17, 15) is 0 Å². The van der Waals surface area contributed by atoms with Gasteiger partial charge in [-0.3, -0.25) is 0 Å². The van der Waals surface area contributed by atoms with Gasteiger partial charge in [0.05, 0.1) is 0 Å². The molecule has 0 atom stereocenters. The van der Waals surface area contributed by atoms with Crippen molar-refractivity contribution in [2.24, 2.45) is 0 Å². The van der Waals surface area contributed by atoms with Crippen molar-refractivity contribution in [3.8, 4) is 22.3 Å². The fraction of sp³-hybridized carbons (Fsp3) is 0.422. The van der Waals surface area contributed by atoms with E-state index >= 15 is 0 Å². The lowest BCUT2D eigenvalue weighted by Gasteiger charge is -2.49. The summed E-state index contributed by atoms with van der Waals surface area (Å²) in [6, 6.07) is 59.1. The maximum Gasteiger partial charge on any atom is 0.333 e. The molecule has 8 aromatic carbocycles. The van der Waals surface area contributed by atoms with Crippen LogP contribution in [0.5, 0.6) is 0 Å². The molecule has 3 nitrogen and oxygen atoms in total. The number of fused-ring (bicyclic) bond motifs is 11. The fourth-order valence-electron chi connectivity index (χ4n) is 18.0. The quantitative estimate of drug-likeness (QED) is 0.159. The van der Waals surface area contributed by atoms with Crippen LogP contribution in [-0.2, 0) is 48.7 Å². The molecule has 7 aliphatic rings. The third kappa shape index (κ3) is 8.26. The molecule has 8 aromatic rings. The summed E-state index contributed by atoms with van der Waals surface area (Å²) in [4.78, 5) is 8.17.